The van der Waals surface area contributed by atoms with Crippen molar-refractivity contribution in [1.29, 1.82) is 0 Å². The first kappa shape index (κ1) is 14.8. The predicted octanol–water partition coefficient (Wildman–Crippen LogP) is 2.43. The highest BCUT2D eigenvalue weighted by atomic mass is 19.1. The standard InChI is InChI=1S/C15H14FNO4/c16-12-8-14(13(17)7-11(12)15(19)20)21-10-3-1-9(2-4-10)5-6-18/h1-4,7-8,18H,5-6,17H2,(H,19,20). The van der Waals surface area contributed by atoms with Gasteiger partial charge >= 0.3 is 5.97 Å². The summed E-state index contributed by atoms with van der Waals surface area (Å²) >= 11 is 0. The average Bonchev–Trinajstić information content (AvgIpc) is 2.44. The summed E-state index contributed by atoms with van der Waals surface area (Å²) in [5.41, 5.74) is 6.13. The molecule has 0 aliphatic rings. The number of ether oxygens (including phenoxy) is 1. The summed E-state index contributed by atoms with van der Waals surface area (Å²) < 4.78 is 19.0. The van der Waals surface area contributed by atoms with Crippen LogP contribution in [0, 0.1) is 5.82 Å². The lowest BCUT2D eigenvalue weighted by Gasteiger charge is -2.10. The van der Waals surface area contributed by atoms with Gasteiger partial charge in [-0.15, -0.1) is 0 Å². The molecule has 110 valence electrons. The second-order valence-electron chi connectivity index (χ2n) is 4.39. The third-order valence-electron chi connectivity index (χ3n) is 2.88. The third-order valence-corrected chi connectivity index (χ3v) is 2.88. The Morgan fingerprint density at radius 3 is 2.48 bits per heavy atom. The van der Waals surface area contributed by atoms with E-state index in [0.29, 0.717) is 12.2 Å². The van der Waals surface area contributed by atoms with E-state index in [2.05, 4.69) is 0 Å². The second-order valence-corrected chi connectivity index (χ2v) is 4.39. The Morgan fingerprint density at radius 2 is 1.90 bits per heavy atom. The highest BCUT2D eigenvalue weighted by Crippen LogP contribution is 2.30. The summed E-state index contributed by atoms with van der Waals surface area (Å²) in [5, 5.41) is 17.6. The van der Waals surface area contributed by atoms with E-state index in [9.17, 15) is 9.18 Å². The molecule has 0 heterocycles. The van der Waals surface area contributed by atoms with E-state index in [1.807, 2.05) is 0 Å². The van der Waals surface area contributed by atoms with Gasteiger partial charge in [0.15, 0.2) is 5.75 Å². The first-order valence-electron chi connectivity index (χ1n) is 6.21. The molecule has 0 radical (unpaired) electrons. The number of aliphatic hydroxyl groups excluding tert-OH is 1. The molecule has 0 spiro atoms. The summed E-state index contributed by atoms with van der Waals surface area (Å²) in [6.45, 7) is 0.0506. The normalized spacial score (nSPS) is 10.4. The van der Waals surface area contributed by atoms with Crippen LogP contribution >= 0.6 is 0 Å². The molecule has 0 amide bonds. The molecular formula is C15H14FNO4. The number of benzene rings is 2. The fourth-order valence-corrected chi connectivity index (χ4v) is 1.80. The van der Waals surface area contributed by atoms with Gasteiger partial charge < -0.3 is 20.7 Å². The van der Waals surface area contributed by atoms with E-state index in [1.165, 1.54) is 0 Å². The summed E-state index contributed by atoms with van der Waals surface area (Å²) in [7, 11) is 0. The van der Waals surface area contributed by atoms with Crippen molar-refractivity contribution in [3.63, 3.8) is 0 Å². The van der Waals surface area contributed by atoms with Gasteiger partial charge in [-0.25, -0.2) is 9.18 Å². The molecule has 0 saturated carbocycles. The molecule has 2 aromatic rings. The molecule has 2 aromatic carbocycles. The van der Waals surface area contributed by atoms with Crippen molar-refractivity contribution < 1.29 is 24.1 Å². The number of nitrogens with two attached hydrogens (primary N) is 1. The Bertz CT molecular complexity index is 655. The summed E-state index contributed by atoms with van der Waals surface area (Å²) in [6.07, 6.45) is 0.532. The van der Waals surface area contributed by atoms with Crippen LogP contribution in [0.2, 0.25) is 0 Å². The number of carbonyl (C=O) groups is 1. The molecule has 0 fully saturated rings. The number of rotatable bonds is 5. The Balaban J connectivity index is 2.23. The minimum absolute atomic E-state index is 0.0354. The van der Waals surface area contributed by atoms with Crippen molar-refractivity contribution >= 4 is 11.7 Å². The minimum atomic E-state index is -1.39. The number of halogens is 1. The fourth-order valence-electron chi connectivity index (χ4n) is 1.80. The van der Waals surface area contributed by atoms with E-state index in [-0.39, 0.29) is 18.0 Å². The van der Waals surface area contributed by atoms with E-state index in [1.54, 1.807) is 24.3 Å². The Morgan fingerprint density at radius 1 is 1.24 bits per heavy atom. The van der Waals surface area contributed by atoms with Gasteiger partial charge in [0.2, 0.25) is 0 Å². The van der Waals surface area contributed by atoms with Crippen molar-refractivity contribution in [3.8, 4) is 11.5 Å². The lowest BCUT2D eigenvalue weighted by atomic mass is 10.1. The molecule has 2 rings (SSSR count). The quantitative estimate of drug-likeness (QED) is 0.736. The van der Waals surface area contributed by atoms with Crippen LogP contribution in [0.5, 0.6) is 11.5 Å². The zero-order chi connectivity index (χ0) is 15.4. The Labute approximate surface area is 120 Å². The molecule has 0 aromatic heterocycles. The molecule has 4 N–H and O–H groups in total. The number of hydrogen-bond donors (Lipinski definition) is 3. The van der Waals surface area contributed by atoms with Gasteiger partial charge in [-0.2, -0.15) is 0 Å². The molecule has 21 heavy (non-hydrogen) atoms. The molecule has 5 nitrogen and oxygen atoms in total. The van der Waals surface area contributed by atoms with Crippen LogP contribution in [0.4, 0.5) is 10.1 Å². The highest BCUT2D eigenvalue weighted by Gasteiger charge is 2.15. The second kappa shape index (κ2) is 6.23. The van der Waals surface area contributed by atoms with Gasteiger partial charge in [0.05, 0.1) is 11.3 Å². The summed E-state index contributed by atoms with van der Waals surface area (Å²) in [6, 6.07) is 8.82. The molecule has 0 unspecified atom stereocenters. The van der Waals surface area contributed by atoms with Crippen molar-refractivity contribution in [3.05, 3.63) is 53.3 Å². The monoisotopic (exact) mass is 291 g/mol. The first-order chi connectivity index (χ1) is 10.0. The van der Waals surface area contributed by atoms with Crippen LogP contribution in [0.25, 0.3) is 0 Å². The first-order valence-corrected chi connectivity index (χ1v) is 6.21. The van der Waals surface area contributed by atoms with Gasteiger partial charge in [-0.05, 0) is 30.2 Å². The van der Waals surface area contributed by atoms with Gasteiger partial charge in [0.25, 0.3) is 0 Å². The summed E-state index contributed by atoms with van der Waals surface area (Å²) in [5.74, 6) is -1.82. The third kappa shape index (κ3) is 3.49. The van der Waals surface area contributed by atoms with Gasteiger partial charge in [-0.3, -0.25) is 0 Å². The fraction of sp³-hybridized carbons (Fsp3) is 0.133. The Kier molecular flexibility index (Phi) is 4.39. The zero-order valence-electron chi connectivity index (χ0n) is 11.0. The highest BCUT2D eigenvalue weighted by molar-refractivity contribution is 5.89. The molecule has 0 atom stereocenters. The number of aromatic carboxylic acids is 1. The summed E-state index contributed by atoms with van der Waals surface area (Å²) in [4.78, 5) is 10.8. The maximum absolute atomic E-state index is 13.6. The Hall–Kier alpha value is -2.60. The molecule has 0 saturated heterocycles. The number of carboxylic acid groups (broad SMARTS) is 1. The van der Waals surface area contributed by atoms with Crippen LogP contribution in [0.3, 0.4) is 0 Å². The van der Waals surface area contributed by atoms with Crippen LogP contribution in [0.1, 0.15) is 15.9 Å². The van der Waals surface area contributed by atoms with Crippen molar-refractivity contribution in [2.24, 2.45) is 0 Å². The van der Waals surface area contributed by atoms with Crippen molar-refractivity contribution in [1.82, 2.24) is 0 Å². The van der Waals surface area contributed by atoms with Gasteiger partial charge in [0, 0.05) is 12.7 Å². The van der Waals surface area contributed by atoms with E-state index in [0.717, 1.165) is 17.7 Å². The van der Waals surface area contributed by atoms with E-state index >= 15 is 0 Å². The van der Waals surface area contributed by atoms with Crippen LogP contribution < -0.4 is 10.5 Å². The largest absolute Gasteiger partial charge is 0.478 e. The number of aliphatic hydroxyl groups is 1. The maximum Gasteiger partial charge on any atom is 0.338 e. The van der Waals surface area contributed by atoms with E-state index < -0.39 is 17.3 Å². The van der Waals surface area contributed by atoms with Crippen LogP contribution in [0.15, 0.2) is 36.4 Å². The average molecular weight is 291 g/mol. The SMILES string of the molecule is Nc1cc(C(=O)O)c(F)cc1Oc1ccc(CCO)cc1. The molecule has 0 aliphatic carbocycles. The minimum Gasteiger partial charge on any atom is -0.478 e. The zero-order valence-corrected chi connectivity index (χ0v) is 11.0. The maximum atomic E-state index is 13.6. The van der Waals surface area contributed by atoms with Crippen molar-refractivity contribution in [2.45, 2.75) is 6.42 Å². The molecule has 6 heteroatoms. The van der Waals surface area contributed by atoms with Crippen LogP contribution in [-0.4, -0.2) is 22.8 Å². The lowest BCUT2D eigenvalue weighted by molar-refractivity contribution is 0.0692. The van der Waals surface area contributed by atoms with E-state index in [4.69, 9.17) is 20.7 Å². The number of nitrogen functional groups attached to an aromatic ring is 1. The molecule has 0 bridgehead atoms. The number of carboxylic acids is 1. The number of hydrogen-bond acceptors (Lipinski definition) is 4. The van der Waals surface area contributed by atoms with Crippen molar-refractivity contribution in [2.75, 3.05) is 12.3 Å². The smallest absolute Gasteiger partial charge is 0.338 e. The lowest BCUT2D eigenvalue weighted by Crippen LogP contribution is -2.03. The predicted molar refractivity (Wildman–Crippen MR) is 75.1 cm³/mol. The van der Waals surface area contributed by atoms with Crippen LogP contribution in [-0.2, 0) is 6.42 Å². The molecule has 0 aliphatic heterocycles. The number of anilines is 1. The van der Waals surface area contributed by atoms with Gasteiger partial charge in [-0.1, -0.05) is 12.1 Å². The van der Waals surface area contributed by atoms with Gasteiger partial charge in [0.1, 0.15) is 11.6 Å². The topological polar surface area (TPSA) is 92.8 Å². The molecular weight excluding hydrogens is 277 g/mol.